The van der Waals surface area contributed by atoms with Crippen molar-refractivity contribution in [2.75, 3.05) is 5.32 Å². The molecule has 0 bridgehead atoms. The second kappa shape index (κ2) is 3.35. The molecular formula is C13H12N2O3. The van der Waals surface area contributed by atoms with E-state index in [1.54, 1.807) is 17.6 Å². The Morgan fingerprint density at radius 2 is 2.17 bits per heavy atom. The molecule has 5 heteroatoms. The van der Waals surface area contributed by atoms with Gasteiger partial charge in [-0.3, -0.25) is 4.79 Å². The number of carbonyl (C=O) groups is 2. The van der Waals surface area contributed by atoms with Crippen molar-refractivity contribution in [3.63, 3.8) is 0 Å². The minimum Gasteiger partial charge on any atom is -0.477 e. The normalized spacial score (nSPS) is 17.9. The number of carbonyl (C=O) groups excluding carboxylic acids is 1. The smallest absolute Gasteiger partial charge is 0.352 e. The number of hydrogen-bond acceptors (Lipinski definition) is 2. The van der Waals surface area contributed by atoms with Crippen LogP contribution >= 0.6 is 0 Å². The molecule has 0 fully saturated rings. The third-order valence-corrected chi connectivity index (χ3v) is 3.44. The van der Waals surface area contributed by atoms with Gasteiger partial charge in [0.1, 0.15) is 11.7 Å². The molecule has 5 nitrogen and oxygen atoms in total. The summed E-state index contributed by atoms with van der Waals surface area (Å²) in [5, 5.41) is 12.9. The van der Waals surface area contributed by atoms with Gasteiger partial charge in [0.15, 0.2) is 0 Å². The summed E-state index contributed by atoms with van der Waals surface area (Å²) < 4.78 is 1.60. The number of aromatic nitrogens is 1. The number of aryl methyl sites for hydroxylation is 1. The van der Waals surface area contributed by atoms with Crippen LogP contribution in [0.3, 0.4) is 0 Å². The topological polar surface area (TPSA) is 71.3 Å². The largest absolute Gasteiger partial charge is 0.477 e. The van der Waals surface area contributed by atoms with Crippen LogP contribution in [0.5, 0.6) is 0 Å². The lowest BCUT2D eigenvalue weighted by molar-refractivity contribution is -0.118. The summed E-state index contributed by atoms with van der Waals surface area (Å²) in [5.74, 6) is -1.20. The van der Waals surface area contributed by atoms with Crippen molar-refractivity contribution in [3.05, 3.63) is 29.5 Å². The lowest BCUT2D eigenvalue weighted by Gasteiger charge is -2.25. The van der Waals surface area contributed by atoms with E-state index in [-0.39, 0.29) is 11.6 Å². The molecule has 0 aliphatic carbocycles. The maximum absolute atomic E-state index is 11.9. The first-order chi connectivity index (χ1) is 8.50. The van der Waals surface area contributed by atoms with Crippen molar-refractivity contribution in [1.29, 1.82) is 0 Å². The van der Waals surface area contributed by atoms with E-state index in [9.17, 15) is 14.7 Å². The molecule has 1 atom stereocenters. The van der Waals surface area contributed by atoms with Gasteiger partial charge in [0.2, 0.25) is 5.91 Å². The Balaban J connectivity index is 2.49. The lowest BCUT2D eigenvalue weighted by Crippen LogP contribution is -2.30. The van der Waals surface area contributed by atoms with E-state index in [1.807, 2.05) is 19.1 Å². The molecule has 2 aromatic rings. The number of anilines is 1. The van der Waals surface area contributed by atoms with E-state index in [4.69, 9.17) is 0 Å². The first-order valence-electron chi connectivity index (χ1n) is 5.69. The summed E-state index contributed by atoms with van der Waals surface area (Å²) in [6.45, 7) is 3.59. The SMILES string of the molecule is Cc1ccc2cc(C(=O)O)n3c2c1NC(=O)C3C. The average molecular weight is 244 g/mol. The molecule has 1 aliphatic rings. The van der Waals surface area contributed by atoms with Crippen molar-refractivity contribution >= 4 is 28.5 Å². The third kappa shape index (κ3) is 1.21. The van der Waals surface area contributed by atoms with Crippen molar-refractivity contribution < 1.29 is 14.7 Å². The highest BCUT2D eigenvalue weighted by molar-refractivity contribution is 6.10. The number of hydrogen-bond donors (Lipinski definition) is 2. The first-order valence-corrected chi connectivity index (χ1v) is 5.69. The maximum Gasteiger partial charge on any atom is 0.352 e. The monoisotopic (exact) mass is 244 g/mol. The van der Waals surface area contributed by atoms with E-state index < -0.39 is 12.0 Å². The van der Waals surface area contributed by atoms with Gasteiger partial charge in [0.25, 0.3) is 0 Å². The average Bonchev–Trinajstić information content (AvgIpc) is 2.70. The van der Waals surface area contributed by atoms with Crippen molar-refractivity contribution in [2.24, 2.45) is 0 Å². The van der Waals surface area contributed by atoms with Crippen LogP contribution in [0, 0.1) is 6.92 Å². The number of carboxylic acids is 1. The van der Waals surface area contributed by atoms with Crippen molar-refractivity contribution in [3.8, 4) is 0 Å². The van der Waals surface area contributed by atoms with Gasteiger partial charge in [-0.05, 0) is 25.5 Å². The molecule has 0 saturated carbocycles. The first kappa shape index (κ1) is 10.8. The number of rotatable bonds is 1. The van der Waals surface area contributed by atoms with Gasteiger partial charge < -0.3 is 15.0 Å². The fourth-order valence-electron chi connectivity index (χ4n) is 2.49. The van der Waals surface area contributed by atoms with E-state index in [2.05, 4.69) is 5.32 Å². The van der Waals surface area contributed by atoms with Gasteiger partial charge in [-0.1, -0.05) is 12.1 Å². The molecule has 1 amide bonds. The van der Waals surface area contributed by atoms with Crippen LogP contribution in [0.15, 0.2) is 18.2 Å². The number of nitrogens with one attached hydrogen (secondary N) is 1. The minimum absolute atomic E-state index is 0.152. The molecule has 1 unspecified atom stereocenters. The summed E-state index contributed by atoms with van der Waals surface area (Å²) in [7, 11) is 0. The van der Waals surface area contributed by atoms with Crippen molar-refractivity contribution in [2.45, 2.75) is 19.9 Å². The fraction of sp³-hybridized carbons (Fsp3) is 0.231. The minimum atomic E-state index is -1.02. The lowest BCUT2D eigenvalue weighted by atomic mass is 10.1. The second-order valence-corrected chi connectivity index (χ2v) is 4.57. The van der Waals surface area contributed by atoms with Crippen LogP contribution in [-0.4, -0.2) is 21.6 Å². The number of carboxylic acid groups (broad SMARTS) is 1. The zero-order valence-electron chi connectivity index (χ0n) is 10.0. The summed E-state index contributed by atoms with van der Waals surface area (Å²) >= 11 is 0. The predicted molar refractivity (Wildman–Crippen MR) is 67.0 cm³/mol. The Morgan fingerprint density at radius 1 is 1.44 bits per heavy atom. The van der Waals surface area contributed by atoms with Crippen LogP contribution in [0.4, 0.5) is 5.69 Å². The van der Waals surface area contributed by atoms with E-state index in [1.165, 1.54) is 0 Å². The number of aromatic carboxylic acids is 1. The zero-order chi connectivity index (χ0) is 13.0. The molecular weight excluding hydrogens is 232 g/mol. The molecule has 0 saturated heterocycles. The highest BCUT2D eigenvalue weighted by Crippen LogP contribution is 2.36. The highest BCUT2D eigenvalue weighted by Gasteiger charge is 2.30. The van der Waals surface area contributed by atoms with E-state index in [0.29, 0.717) is 5.69 Å². The molecule has 2 heterocycles. The summed E-state index contributed by atoms with van der Waals surface area (Å²) in [6.07, 6.45) is 0. The summed E-state index contributed by atoms with van der Waals surface area (Å²) in [4.78, 5) is 23.2. The fourth-order valence-corrected chi connectivity index (χ4v) is 2.49. The molecule has 0 radical (unpaired) electrons. The summed E-state index contributed by atoms with van der Waals surface area (Å²) in [5.41, 5.74) is 2.58. The van der Waals surface area contributed by atoms with Crippen molar-refractivity contribution in [1.82, 2.24) is 4.57 Å². The Morgan fingerprint density at radius 3 is 2.83 bits per heavy atom. The number of nitrogens with zero attached hydrogens (tertiary/aromatic N) is 1. The van der Waals surface area contributed by atoms with Gasteiger partial charge >= 0.3 is 5.97 Å². The van der Waals surface area contributed by atoms with Crippen LogP contribution in [0.1, 0.15) is 29.0 Å². The molecule has 0 spiro atoms. The Kier molecular flexibility index (Phi) is 2.02. The zero-order valence-corrected chi connectivity index (χ0v) is 10.0. The van der Waals surface area contributed by atoms with E-state index in [0.717, 1.165) is 16.5 Å². The maximum atomic E-state index is 11.9. The Labute approximate surface area is 103 Å². The van der Waals surface area contributed by atoms with Crippen LogP contribution < -0.4 is 5.32 Å². The van der Waals surface area contributed by atoms with Crippen LogP contribution in [0.25, 0.3) is 10.9 Å². The standard InChI is InChI=1S/C13H12N2O3/c1-6-3-4-8-5-9(13(17)18)15-7(2)12(16)14-10(6)11(8)15/h3-5,7H,1-2H3,(H,14,16)(H,17,18). The molecule has 3 rings (SSSR count). The predicted octanol–water partition coefficient (Wildman–Crippen LogP) is 2.16. The van der Waals surface area contributed by atoms with Gasteiger partial charge in [-0.15, -0.1) is 0 Å². The highest BCUT2D eigenvalue weighted by atomic mass is 16.4. The van der Waals surface area contributed by atoms with Crippen LogP contribution in [-0.2, 0) is 4.79 Å². The van der Waals surface area contributed by atoms with Gasteiger partial charge in [0, 0.05) is 5.39 Å². The molecule has 1 aliphatic heterocycles. The van der Waals surface area contributed by atoms with Gasteiger partial charge in [-0.25, -0.2) is 4.79 Å². The molecule has 2 N–H and O–H groups in total. The van der Waals surface area contributed by atoms with Gasteiger partial charge in [0.05, 0.1) is 11.2 Å². The third-order valence-electron chi connectivity index (χ3n) is 3.44. The quantitative estimate of drug-likeness (QED) is 0.807. The van der Waals surface area contributed by atoms with Gasteiger partial charge in [-0.2, -0.15) is 0 Å². The van der Waals surface area contributed by atoms with E-state index >= 15 is 0 Å². The summed E-state index contributed by atoms with van der Waals surface area (Å²) in [6, 6.07) is 4.85. The molecule has 1 aromatic carbocycles. The molecule has 1 aromatic heterocycles. The van der Waals surface area contributed by atoms with Crippen LogP contribution in [0.2, 0.25) is 0 Å². The number of benzene rings is 1. The Hall–Kier alpha value is -2.30. The second-order valence-electron chi connectivity index (χ2n) is 4.57. The molecule has 92 valence electrons. The molecule has 18 heavy (non-hydrogen) atoms. The number of amides is 1. The Bertz CT molecular complexity index is 700.